The van der Waals surface area contributed by atoms with Gasteiger partial charge in [0.1, 0.15) is 0 Å². The molecule has 0 aromatic heterocycles. The number of hydrogen-bond acceptors (Lipinski definition) is 3. The Labute approximate surface area is 114 Å². The van der Waals surface area contributed by atoms with Crippen LogP contribution in [0.15, 0.2) is 0 Å². The highest BCUT2D eigenvalue weighted by Gasteiger charge is 2.26. The minimum absolute atomic E-state index is 0.115. The van der Waals surface area contributed by atoms with Crippen molar-refractivity contribution in [3.05, 3.63) is 0 Å². The van der Waals surface area contributed by atoms with Crippen LogP contribution in [-0.2, 0) is 4.79 Å². The van der Waals surface area contributed by atoms with E-state index in [4.69, 9.17) is 10.2 Å². The monoisotopic (exact) mass is 272 g/mol. The molecule has 0 spiro atoms. The van der Waals surface area contributed by atoms with Crippen LogP contribution >= 0.6 is 0 Å². The van der Waals surface area contributed by atoms with Gasteiger partial charge in [0, 0.05) is 33.3 Å². The van der Waals surface area contributed by atoms with E-state index in [0.29, 0.717) is 19.0 Å². The maximum Gasteiger partial charge on any atom is 0.319 e. The highest BCUT2D eigenvalue weighted by molar-refractivity contribution is 5.76. The molecule has 19 heavy (non-hydrogen) atoms. The number of urea groups is 1. The Kier molecular flexibility index (Phi) is 6.08. The zero-order chi connectivity index (χ0) is 14.4. The van der Waals surface area contributed by atoms with Gasteiger partial charge in [-0.2, -0.15) is 0 Å². The third-order valence-corrected chi connectivity index (χ3v) is 3.62. The molecule has 0 bridgehead atoms. The minimum Gasteiger partial charge on any atom is -0.481 e. The number of carboxylic acid groups (broad SMARTS) is 1. The van der Waals surface area contributed by atoms with Crippen LogP contribution in [0.1, 0.15) is 26.2 Å². The number of carboxylic acids is 1. The van der Waals surface area contributed by atoms with Crippen molar-refractivity contribution in [1.82, 2.24) is 9.80 Å². The molecule has 2 N–H and O–H groups in total. The number of amides is 2. The number of aliphatic hydroxyl groups is 1. The van der Waals surface area contributed by atoms with Crippen molar-refractivity contribution in [1.29, 1.82) is 0 Å². The fraction of sp³-hybridized carbons (Fsp3) is 0.846. The molecular weight excluding hydrogens is 248 g/mol. The Balaban J connectivity index is 2.49. The summed E-state index contributed by atoms with van der Waals surface area (Å²) in [6.07, 6.45) is 2.71. The summed E-state index contributed by atoms with van der Waals surface area (Å²) >= 11 is 0. The van der Waals surface area contributed by atoms with Gasteiger partial charge in [0.2, 0.25) is 0 Å². The SMILES string of the molecule is CC(CN(C)C(=O)N1CCCC(CCO)C1)C(=O)O. The summed E-state index contributed by atoms with van der Waals surface area (Å²) in [6, 6.07) is -0.115. The predicted octanol–water partition coefficient (Wildman–Crippen LogP) is 0.853. The molecule has 2 amide bonds. The predicted molar refractivity (Wildman–Crippen MR) is 70.8 cm³/mol. The molecule has 0 radical (unpaired) electrons. The molecule has 2 unspecified atom stereocenters. The smallest absolute Gasteiger partial charge is 0.319 e. The van der Waals surface area contributed by atoms with Crippen LogP contribution in [0.3, 0.4) is 0 Å². The van der Waals surface area contributed by atoms with Crippen molar-refractivity contribution in [3.8, 4) is 0 Å². The maximum atomic E-state index is 12.2. The number of aliphatic hydroxyl groups excluding tert-OH is 1. The number of carbonyl (C=O) groups excluding carboxylic acids is 1. The molecule has 2 atom stereocenters. The molecule has 1 rings (SSSR count). The van der Waals surface area contributed by atoms with E-state index < -0.39 is 11.9 Å². The van der Waals surface area contributed by atoms with Gasteiger partial charge in [-0.3, -0.25) is 4.79 Å². The van der Waals surface area contributed by atoms with Gasteiger partial charge in [0.05, 0.1) is 5.92 Å². The van der Waals surface area contributed by atoms with Gasteiger partial charge in [-0.05, 0) is 25.2 Å². The third kappa shape index (κ3) is 4.70. The summed E-state index contributed by atoms with van der Waals surface area (Å²) in [7, 11) is 1.64. The van der Waals surface area contributed by atoms with Crippen molar-refractivity contribution < 1.29 is 19.8 Å². The number of nitrogens with zero attached hydrogens (tertiary/aromatic N) is 2. The van der Waals surface area contributed by atoms with Crippen LogP contribution in [-0.4, -0.2) is 65.3 Å². The molecule has 1 aliphatic heterocycles. The van der Waals surface area contributed by atoms with Gasteiger partial charge in [-0.1, -0.05) is 6.92 Å². The first-order valence-corrected chi connectivity index (χ1v) is 6.79. The van der Waals surface area contributed by atoms with Crippen molar-refractivity contribution in [2.75, 3.05) is 33.3 Å². The molecule has 1 heterocycles. The second-order valence-electron chi connectivity index (χ2n) is 5.37. The second-order valence-corrected chi connectivity index (χ2v) is 5.37. The van der Waals surface area contributed by atoms with E-state index in [1.54, 1.807) is 18.9 Å². The Hall–Kier alpha value is -1.30. The summed E-state index contributed by atoms with van der Waals surface area (Å²) in [6.45, 7) is 3.34. The van der Waals surface area contributed by atoms with E-state index in [0.717, 1.165) is 19.3 Å². The molecule has 6 nitrogen and oxygen atoms in total. The maximum absolute atomic E-state index is 12.2. The molecule has 6 heteroatoms. The summed E-state index contributed by atoms with van der Waals surface area (Å²) in [5, 5.41) is 17.8. The van der Waals surface area contributed by atoms with Crippen molar-refractivity contribution in [3.63, 3.8) is 0 Å². The zero-order valence-corrected chi connectivity index (χ0v) is 11.7. The molecular formula is C13H24N2O4. The zero-order valence-electron chi connectivity index (χ0n) is 11.7. The molecule has 1 saturated heterocycles. The molecule has 0 aromatic carbocycles. The lowest BCUT2D eigenvalue weighted by Crippen LogP contribution is -2.47. The molecule has 0 aromatic rings. The third-order valence-electron chi connectivity index (χ3n) is 3.62. The van der Waals surface area contributed by atoms with Crippen LogP contribution in [0.25, 0.3) is 0 Å². The minimum atomic E-state index is -0.892. The quantitative estimate of drug-likeness (QED) is 0.777. The van der Waals surface area contributed by atoms with E-state index in [1.807, 2.05) is 0 Å². The average molecular weight is 272 g/mol. The van der Waals surface area contributed by atoms with Gasteiger partial charge in [0.15, 0.2) is 0 Å². The van der Waals surface area contributed by atoms with Crippen LogP contribution in [0.5, 0.6) is 0 Å². The number of aliphatic carboxylic acids is 1. The fourth-order valence-corrected chi connectivity index (χ4v) is 2.47. The van der Waals surface area contributed by atoms with Gasteiger partial charge in [-0.25, -0.2) is 4.79 Å². The Morgan fingerprint density at radius 1 is 1.47 bits per heavy atom. The summed E-state index contributed by atoms with van der Waals surface area (Å²) in [5.74, 6) is -1.10. The number of likely N-dealkylation sites (tertiary alicyclic amines) is 1. The number of hydrogen-bond donors (Lipinski definition) is 2. The van der Waals surface area contributed by atoms with E-state index in [1.165, 1.54) is 4.90 Å². The summed E-state index contributed by atoms with van der Waals surface area (Å²) in [5.41, 5.74) is 0. The van der Waals surface area contributed by atoms with Crippen molar-refractivity contribution in [2.24, 2.45) is 11.8 Å². The van der Waals surface area contributed by atoms with Crippen LogP contribution in [0.2, 0.25) is 0 Å². The summed E-state index contributed by atoms with van der Waals surface area (Å²) in [4.78, 5) is 26.2. The Morgan fingerprint density at radius 2 is 2.16 bits per heavy atom. The molecule has 110 valence electrons. The van der Waals surface area contributed by atoms with Crippen molar-refractivity contribution >= 4 is 12.0 Å². The normalized spacial score (nSPS) is 21.0. The summed E-state index contributed by atoms with van der Waals surface area (Å²) < 4.78 is 0. The fourth-order valence-electron chi connectivity index (χ4n) is 2.47. The molecule has 1 fully saturated rings. The van der Waals surface area contributed by atoms with Crippen LogP contribution in [0.4, 0.5) is 4.79 Å². The second kappa shape index (κ2) is 7.33. The largest absolute Gasteiger partial charge is 0.481 e. The molecule has 0 aliphatic carbocycles. The number of rotatable bonds is 5. The van der Waals surface area contributed by atoms with Crippen molar-refractivity contribution in [2.45, 2.75) is 26.2 Å². The van der Waals surface area contributed by atoms with Crippen LogP contribution in [0, 0.1) is 11.8 Å². The topological polar surface area (TPSA) is 81.1 Å². The van der Waals surface area contributed by atoms with Gasteiger partial charge >= 0.3 is 12.0 Å². The average Bonchev–Trinajstić information content (AvgIpc) is 2.38. The van der Waals surface area contributed by atoms with Crippen LogP contribution < -0.4 is 0 Å². The van der Waals surface area contributed by atoms with Gasteiger partial charge < -0.3 is 20.0 Å². The lowest BCUT2D eigenvalue weighted by molar-refractivity contribution is -0.141. The highest BCUT2D eigenvalue weighted by Crippen LogP contribution is 2.20. The van der Waals surface area contributed by atoms with Gasteiger partial charge in [0.25, 0.3) is 0 Å². The lowest BCUT2D eigenvalue weighted by atomic mass is 9.95. The van der Waals surface area contributed by atoms with E-state index in [2.05, 4.69) is 0 Å². The Morgan fingerprint density at radius 3 is 2.74 bits per heavy atom. The van der Waals surface area contributed by atoms with E-state index in [9.17, 15) is 9.59 Å². The van der Waals surface area contributed by atoms with E-state index in [-0.39, 0.29) is 19.2 Å². The highest BCUT2D eigenvalue weighted by atomic mass is 16.4. The van der Waals surface area contributed by atoms with Gasteiger partial charge in [-0.15, -0.1) is 0 Å². The Bertz CT molecular complexity index is 320. The first-order chi connectivity index (χ1) is 8.95. The molecule has 0 saturated carbocycles. The standard InChI is InChI=1S/C13H24N2O4/c1-10(12(17)18)8-14(2)13(19)15-6-3-4-11(9-15)5-7-16/h10-11,16H,3-9H2,1-2H3,(H,17,18). The van der Waals surface area contributed by atoms with E-state index >= 15 is 0 Å². The molecule has 1 aliphatic rings. The lowest BCUT2D eigenvalue weighted by Gasteiger charge is -2.35. The number of piperidine rings is 1. The first-order valence-electron chi connectivity index (χ1n) is 6.79. The first kappa shape index (κ1) is 15.8. The number of carbonyl (C=O) groups is 2.